The first-order chi connectivity index (χ1) is 8.94. The standard InChI is InChI=1S/C12H23N3O2S2/c1-4-6-13-7-5-8-19(16,17)15-11(3)12-14-9-10(2)18-12/h9,11,13,15H,4-8H2,1-3H3. The van der Waals surface area contributed by atoms with Gasteiger partial charge >= 0.3 is 0 Å². The van der Waals surface area contributed by atoms with Crippen LogP contribution in [-0.4, -0.2) is 32.2 Å². The average molecular weight is 305 g/mol. The average Bonchev–Trinajstić information content (AvgIpc) is 2.75. The topological polar surface area (TPSA) is 71.1 Å². The van der Waals surface area contributed by atoms with Crippen molar-refractivity contribution in [2.45, 2.75) is 39.7 Å². The van der Waals surface area contributed by atoms with Crippen molar-refractivity contribution in [3.63, 3.8) is 0 Å². The zero-order valence-corrected chi connectivity index (χ0v) is 13.4. The number of rotatable bonds is 9. The Morgan fingerprint density at radius 2 is 2.16 bits per heavy atom. The monoisotopic (exact) mass is 305 g/mol. The molecule has 1 aromatic rings. The fraction of sp³-hybridized carbons (Fsp3) is 0.750. The van der Waals surface area contributed by atoms with Gasteiger partial charge < -0.3 is 5.32 Å². The molecule has 1 atom stereocenters. The lowest BCUT2D eigenvalue weighted by atomic mass is 10.4. The summed E-state index contributed by atoms with van der Waals surface area (Å²) in [6.07, 6.45) is 3.45. The molecule has 0 spiro atoms. The summed E-state index contributed by atoms with van der Waals surface area (Å²) in [5.74, 6) is 0.151. The second kappa shape index (κ2) is 7.94. The third-order valence-electron chi connectivity index (χ3n) is 2.56. The van der Waals surface area contributed by atoms with Crippen LogP contribution >= 0.6 is 11.3 Å². The quantitative estimate of drug-likeness (QED) is 0.683. The van der Waals surface area contributed by atoms with E-state index < -0.39 is 10.0 Å². The van der Waals surface area contributed by atoms with Crippen molar-refractivity contribution in [2.75, 3.05) is 18.8 Å². The zero-order valence-electron chi connectivity index (χ0n) is 11.8. The molecule has 5 nitrogen and oxygen atoms in total. The Kier molecular flexibility index (Phi) is 6.92. The molecule has 19 heavy (non-hydrogen) atoms. The van der Waals surface area contributed by atoms with Gasteiger partial charge in [0.05, 0.1) is 11.8 Å². The molecule has 0 saturated carbocycles. The van der Waals surface area contributed by atoms with Crippen molar-refractivity contribution < 1.29 is 8.42 Å². The molecule has 0 amide bonds. The summed E-state index contributed by atoms with van der Waals surface area (Å²) >= 11 is 1.52. The number of aryl methyl sites for hydroxylation is 1. The minimum absolute atomic E-state index is 0.151. The van der Waals surface area contributed by atoms with Crippen LogP contribution in [0.25, 0.3) is 0 Å². The van der Waals surface area contributed by atoms with Crippen LogP contribution in [0.2, 0.25) is 0 Å². The SMILES string of the molecule is CCCNCCCS(=O)(=O)NC(C)c1ncc(C)s1. The van der Waals surface area contributed by atoms with Crippen molar-refractivity contribution in [3.8, 4) is 0 Å². The summed E-state index contributed by atoms with van der Waals surface area (Å²) in [6, 6.07) is -0.257. The Hall–Kier alpha value is -0.500. The van der Waals surface area contributed by atoms with E-state index in [1.165, 1.54) is 11.3 Å². The summed E-state index contributed by atoms with van der Waals surface area (Å²) < 4.78 is 26.5. The lowest BCUT2D eigenvalue weighted by Gasteiger charge is -2.12. The highest BCUT2D eigenvalue weighted by atomic mass is 32.2. The predicted octanol–water partition coefficient (Wildman–Crippen LogP) is 1.82. The van der Waals surface area contributed by atoms with Gasteiger partial charge in [0.2, 0.25) is 10.0 Å². The first kappa shape index (κ1) is 16.6. The maximum absolute atomic E-state index is 11.9. The first-order valence-electron chi connectivity index (χ1n) is 6.57. The number of aromatic nitrogens is 1. The molecule has 0 aliphatic rings. The maximum atomic E-state index is 11.9. The van der Waals surface area contributed by atoms with E-state index in [2.05, 4.69) is 21.9 Å². The smallest absolute Gasteiger partial charge is 0.212 e. The molecule has 0 saturated heterocycles. The van der Waals surface area contributed by atoms with Crippen LogP contribution in [0, 0.1) is 6.92 Å². The molecule has 110 valence electrons. The number of nitrogens with zero attached hydrogens (tertiary/aromatic N) is 1. The van der Waals surface area contributed by atoms with E-state index in [9.17, 15) is 8.42 Å². The van der Waals surface area contributed by atoms with E-state index in [1.54, 1.807) is 6.20 Å². The fourth-order valence-corrected chi connectivity index (χ4v) is 3.78. The van der Waals surface area contributed by atoms with Gasteiger partial charge in [-0.3, -0.25) is 0 Å². The molecule has 0 radical (unpaired) electrons. The fourth-order valence-electron chi connectivity index (χ4n) is 1.64. The zero-order chi connectivity index (χ0) is 14.3. The number of thiazole rings is 1. The third-order valence-corrected chi connectivity index (χ3v) is 5.19. The lowest BCUT2D eigenvalue weighted by molar-refractivity contribution is 0.560. The van der Waals surface area contributed by atoms with Crippen molar-refractivity contribution in [1.29, 1.82) is 0 Å². The molecule has 2 N–H and O–H groups in total. The molecule has 7 heteroatoms. The van der Waals surface area contributed by atoms with Gasteiger partial charge in [-0.05, 0) is 39.8 Å². The third kappa shape index (κ3) is 6.47. The van der Waals surface area contributed by atoms with Crippen LogP contribution in [0.5, 0.6) is 0 Å². The van der Waals surface area contributed by atoms with E-state index in [0.29, 0.717) is 6.42 Å². The minimum atomic E-state index is -3.23. The highest BCUT2D eigenvalue weighted by Gasteiger charge is 2.17. The molecule has 1 aromatic heterocycles. The number of hydrogen-bond donors (Lipinski definition) is 2. The molecule has 1 rings (SSSR count). The largest absolute Gasteiger partial charge is 0.317 e. The van der Waals surface area contributed by atoms with Gasteiger partial charge in [0, 0.05) is 11.1 Å². The van der Waals surface area contributed by atoms with Crippen LogP contribution in [0.15, 0.2) is 6.20 Å². The Morgan fingerprint density at radius 1 is 1.42 bits per heavy atom. The van der Waals surface area contributed by atoms with E-state index in [4.69, 9.17) is 0 Å². The normalized spacial score (nSPS) is 13.6. The van der Waals surface area contributed by atoms with Gasteiger partial charge in [0.1, 0.15) is 5.01 Å². The Balaban J connectivity index is 2.37. The number of hydrogen-bond acceptors (Lipinski definition) is 5. The highest BCUT2D eigenvalue weighted by Crippen LogP contribution is 2.19. The van der Waals surface area contributed by atoms with Gasteiger partial charge in [-0.15, -0.1) is 11.3 Å². The first-order valence-corrected chi connectivity index (χ1v) is 9.04. The van der Waals surface area contributed by atoms with Crippen molar-refractivity contribution in [1.82, 2.24) is 15.0 Å². The van der Waals surface area contributed by atoms with E-state index in [0.717, 1.165) is 29.4 Å². The van der Waals surface area contributed by atoms with Gasteiger partial charge in [0.25, 0.3) is 0 Å². The number of sulfonamides is 1. The van der Waals surface area contributed by atoms with Crippen LogP contribution < -0.4 is 10.0 Å². The number of nitrogens with one attached hydrogen (secondary N) is 2. The molecule has 0 fully saturated rings. The van der Waals surface area contributed by atoms with Crippen molar-refractivity contribution in [3.05, 3.63) is 16.1 Å². The summed E-state index contributed by atoms with van der Waals surface area (Å²) in [5, 5.41) is 4.00. The summed E-state index contributed by atoms with van der Waals surface area (Å²) in [7, 11) is -3.23. The molecule has 0 aromatic carbocycles. The second-order valence-electron chi connectivity index (χ2n) is 4.57. The van der Waals surface area contributed by atoms with Gasteiger partial charge in [-0.25, -0.2) is 18.1 Å². The van der Waals surface area contributed by atoms with Crippen molar-refractivity contribution >= 4 is 21.4 Å². The summed E-state index contributed by atoms with van der Waals surface area (Å²) in [4.78, 5) is 5.29. The Morgan fingerprint density at radius 3 is 2.74 bits per heavy atom. The van der Waals surface area contributed by atoms with Gasteiger partial charge in [-0.2, -0.15) is 0 Å². The van der Waals surface area contributed by atoms with Crippen molar-refractivity contribution in [2.24, 2.45) is 0 Å². The molecule has 0 aliphatic heterocycles. The van der Waals surface area contributed by atoms with Crippen LogP contribution in [-0.2, 0) is 10.0 Å². The molecular weight excluding hydrogens is 282 g/mol. The van der Waals surface area contributed by atoms with Crippen LogP contribution in [0.3, 0.4) is 0 Å². The predicted molar refractivity (Wildman–Crippen MR) is 80.0 cm³/mol. The van der Waals surface area contributed by atoms with E-state index in [1.807, 2.05) is 13.8 Å². The molecule has 0 bridgehead atoms. The molecular formula is C12H23N3O2S2. The Labute approximate surface area is 119 Å². The van der Waals surface area contributed by atoms with Gasteiger partial charge in [0.15, 0.2) is 0 Å². The highest BCUT2D eigenvalue weighted by molar-refractivity contribution is 7.89. The maximum Gasteiger partial charge on any atom is 0.212 e. The lowest BCUT2D eigenvalue weighted by Crippen LogP contribution is -2.30. The molecule has 1 unspecified atom stereocenters. The molecule has 1 heterocycles. The van der Waals surface area contributed by atoms with Crippen LogP contribution in [0.4, 0.5) is 0 Å². The van der Waals surface area contributed by atoms with E-state index >= 15 is 0 Å². The van der Waals surface area contributed by atoms with E-state index in [-0.39, 0.29) is 11.8 Å². The second-order valence-corrected chi connectivity index (χ2v) is 7.71. The minimum Gasteiger partial charge on any atom is -0.317 e. The van der Waals surface area contributed by atoms with Crippen LogP contribution in [0.1, 0.15) is 42.6 Å². The summed E-state index contributed by atoms with van der Waals surface area (Å²) in [5.41, 5.74) is 0. The van der Waals surface area contributed by atoms with Gasteiger partial charge in [-0.1, -0.05) is 6.92 Å². The molecule has 0 aliphatic carbocycles. The Bertz CT molecular complexity index is 471. The summed E-state index contributed by atoms with van der Waals surface area (Å²) in [6.45, 7) is 7.54.